The molecule has 0 amide bonds. The summed E-state index contributed by atoms with van der Waals surface area (Å²) in [5.74, 6) is 2.94. The molecule has 0 aromatic carbocycles. The highest BCUT2D eigenvalue weighted by molar-refractivity contribution is 6.00. The number of aromatic nitrogens is 4. The largest absolute Gasteiger partial charge is 0.381 e. The number of ether oxygens (including phenoxy) is 1. The third-order valence-electron chi connectivity index (χ3n) is 6.24. The number of nitrogens with two attached hydrogens (primary N) is 1. The Hall–Kier alpha value is -2.61. The zero-order valence-electron chi connectivity index (χ0n) is 15.0. The number of hydrogen-bond donors (Lipinski definition) is 1. The van der Waals surface area contributed by atoms with Crippen LogP contribution in [0.15, 0.2) is 17.4 Å². The van der Waals surface area contributed by atoms with Crippen LogP contribution in [-0.2, 0) is 4.74 Å². The Kier molecular flexibility index (Phi) is 3.26. The van der Waals surface area contributed by atoms with Gasteiger partial charge >= 0.3 is 0 Å². The zero-order chi connectivity index (χ0) is 18.0. The van der Waals surface area contributed by atoms with E-state index in [9.17, 15) is 0 Å². The summed E-state index contributed by atoms with van der Waals surface area (Å²) in [6.45, 7) is 2.56. The summed E-state index contributed by atoms with van der Waals surface area (Å²) in [7, 11) is 0. The van der Waals surface area contributed by atoms with Gasteiger partial charge in [-0.15, -0.1) is 0 Å². The summed E-state index contributed by atoms with van der Waals surface area (Å²) >= 11 is 0. The van der Waals surface area contributed by atoms with Gasteiger partial charge in [0.05, 0.1) is 17.9 Å². The van der Waals surface area contributed by atoms with Crippen molar-refractivity contribution in [1.82, 2.24) is 19.9 Å². The van der Waals surface area contributed by atoms with Crippen LogP contribution < -0.4 is 10.6 Å². The van der Waals surface area contributed by atoms with Crippen LogP contribution in [0.25, 0.3) is 11.4 Å². The molecule has 8 heteroatoms. The van der Waals surface area contributed by atoms with E-state index >= 15 is 0 Å². The fourth-order valence-corrected chi connectivity index (χ4v) is 4.78. The first-order valence-corrected chi connectivity index (χ1v) is 9.68. The number of nitrogens with zero attached hydrogens (tertiary/aromatic N) is 6. The van der Waals surface area contributed by atoms with Crippen LogP contribution in [0.2, 0.25) is 0 Å². The number of fused-ring (bicyclic) bond motifs is 4. The normalized spacial score (nSPS) is 28.2. The molecule has 1 atom stereocenters. The maximum atomic E-state index is 5.66. The quantitative estimate of drug-likeness (QED) is 0.871. The predicted octanol–water partition coefficient (Wildman–Crippen LogP) is 2.09. The Bertz CT molecular complexity index is 936. The highest BCUT2D eigenvalue weighted by Gasteiger charge is 2.45. The maximum absolute atomic E-state index is 5.66. The van der Waals surface area contributed by atoms with Crippen molar-refractivity contribution in [1.29, 1.82) is 0 Å². The highest BCUT2D eigenvalue weighted by atomic mass is 16.5. The van der Waals surface area contributed by atoms with Crippen molar-refractivity contribution in [3.63, 3.8) is 0 Å². The summed E-state index contributed by atoms with van der Waals surface area (Å²) in [6, 6.07) is 0.596. The van der Waals surface area contributed by atoms with E-state index in [1.54, 1.807) is 12.4 Å². The second-order valence-electron chi connectivity index (χ2n) is 7.88. The lowest BCUT2D eigenvalue weighted by molar-refractivity contribution is 0.145. The van der Waals surface area contributed by atoms with Gasteiger partial charge in [0, 0.05) is 49.6 Å². The molecule has 27 heavy (non-hydrogen) atoms. The van der Waals surface area contributed by atoms with Crippen LogP contribution in [-0.4, -0.2) is 51.4 Å². The minimum absolute atomic E-state index is 0.232. The maximum Gasteiger partial charge on any atom is 0.219 e. The van der Waals surface area contributed by atoms with Crippen molar-refractivity contribution in [2.75, 3.05) is 30.4 Å². The van der Waals surface area contributed by atoms with Crippen LogP contribution in [0.5, 0.6) is 0 Å². The molecule has 8 nitrogen and oxygen atoms in total. The second kappa shape index (κ2) is 5.69. The van der Waals surface area contributed by atoms with E-state index in [1.807, 2.05) is 0 Å². The number of aliphatic imine (C=N–C) groups is 1. The minimum Gasteiger partial charge on any atom is -0.381 e. The molecule has 4 aliphatic heterocycles. The lowest BCUT2D eigenvalue weighted by atomic mass is 9.86. The molecule has 0 spiro atoms. The first-order valence-electron chi connectivity index (χ1n) is 9.68. The topological polar surface area (TPSA) is 102 Å². The molecular weight excluding hydrogens is 342 g/mol. The smallest absolute Gasteiger partial charge is 0.219 e. The number of hydrogen-bond acceptors (Lipinski definition) is 8. The summed E-state index contributed by atoms with van der Waals surface area (Å²) in [5, 5.41) is 0. The molecule has 4 fully saturated rings. The molecule has 1 unspecified atom stereocenters. The third-order valence-corrected chi connectivity index (χ3v) is 6.24. The number of anilines is 2. The van der Waals surface area contributed by atoms with Gasteiger partial charge in [0.2, 0.25) is 5.95 Å². The standard InChI is InChI=1S/C19H21N7O/c20-19-21-7-11(8-22-19)17-24-15-13-1-3-27-4-2-14(13)23-16(15)18(25-17)26-9-10-5-12(26)6-10/h7-8,10,12-13H,1-6,9H2,(H2,20,21,22). The van der Waals surface area contributed by atoms with Crippen LogP contribution in [0.3, 0.4) is 0 Å². The van der Waals surface area contributed by atoms with E-state index in [-0.39, 0.29) is 11.9 Å². The second-order valence-corrected chi connectivity index (χ2v) is 7.88. The lowest BCUT2D eigenvalue weighted by Crippen LogP contribution is -2.29. The van der Waals surface area contributed by atoms with E-state index in [2.05, 4.69) is 14.9 Å². The fraction of sp³-hybridized carbons (Fsp3) is 0.526. The van der Waals surface area contributed by atoms with Crippen molar-refractivity contribution in [2.24, 2.45) is 10.9 Å². The van der Waals surface area contributed by atoms with Gasteiger partial charge in [0.1, 0.15) is 5.69 Å². The SMILES string of the molecule is Nc1ncc(-c2nc3c(c(N4CC5CC4C5)n2)N=C2CCOCCC23)cn1. The molecule has 2 aromatic rings. The van der Waals surface area contributed by atoms with Crippen LogP contribution >= 0.6 is 0 Å². The van der Waals surface area contributed by atoms with Crippen LogP contribution in [0.1, 0.15) is 37.3 Å². The van der Waals surface area contributed by atoms with Crippen molar-refractivity contribution in [3.05, 3.63) is 18.1 Å². The van der Waals surface area contributed by atoms with E-state index in [0.29, 0.717) is 11.9 Å². The zero-order valence-corrected chi connectivity index (χ0v) is 15.0. The van der Waals surface area contributed by atoms with Crippen molar-refractivity contribution >= 4 is 23.2 Å². The van der Waals surface area contributed by atoms with Crippen LogP contribution in [0.4, 0.5) is 17.5 Å². The fourth-order valence-electron chi connectivity index (χ4n) is 4.78. The summed E-state index contributed by atoms with van der Waals surface area (Å²) in [4.78, 5) is 25.5. The van der Waals surface area contributed by atoms with Gasteiger partial charge in [-0.05, 0) is 25.2 Å². The average Bonchev–Trinajstić information content (AvgIpc) is 3.30. The molecular formula is C19H21N7O. The van der Waals surface area contributed by atoms with E-state index in [1.165, 1.54) is 18.6 Å². The third kappa shape index (κ3) is 2.36. The Morgan fingerprint density at radius 2 is 1.96 bits per heavy atom. The predicted molar refractivity (Wildman–Crippen MR) is 101 cm³/mol. The van der Waals surface area contributed by atoms with Crippen molar-refractivity contribution < 1.29 is 4.74 Å². The summed E-state index contributed by atoms with van der Waals surface area (Å²) < 4.78 is 5.66. The molecule has 6 heterocycles. The van der Waals surface area contributed by atoms with E-state index in [4.69, 9.17) is 25.4 Å². The molecule has 1 aliphatic carbocycles. The molecule has 5 aliphatic rings. The number of nitrogen functional groups attached to an aromatic ring is 1. The Morgan fingerprint density at radius 1 is 1.11 bits per heavy atom. The van der Waals surface area contributed by atoms with Gasteiger partial charge in [0.15, 0.2) is 11.6 Å². The first kappa shape index (κ1) is 15.4. The van der Waals surface area contributed by atoms with Gasteiger partial charge in [-0.1, -0.05) is 0 Å². The Morgan fingerprint density at radius 3 is 2.74 bits per heavy atom. The summed E-state index contributed by atoms with van der Waals surface area (Å²) in [6.07, 6.45) is 7.73. The first-order chi connectivity index (χ1) is 13.3. The molecule has 138 valence electrons. The van der Waals surface area contributed by atoms with Crippen molar-refractivity contribution in [2.45, 2.75) is 37.6 Å². The van der Waals surface area contributed by atoms with Gasteiger partial charge in [0.25, 0.3) is 0 Å². The molecule has 2 bridgehead atoms. The molecule has 7 rings (SSSR count). The van der Waals surface area contributed by atoms with Gasteiger partial charge in [-0.25, -0.2) is 19.9 Å². The molecule has 1 saturated carbocycles. The van der Waals surface area contributed by atoms with Gasteiger partial charge in [-0.2, -0.15) is 0 Å². The lowest BCUT2D eigenvalue weighted by Gasteiger charge is -2.27. The summed E-state index contributed by atoms with van der Waals surface area (Å²) in [5.41, 5.74) is 9.64. The van der Waals surface area contributed by atoms with Crippen LogP contribution in [0, 0.1) is 5.92 Å². The number of rotatable bonds is 2. The van der Waals surface area contributed by atoms with Crippen molar-refractivity contribution in [3.8, 4) is 11.4 Å². The molecule has 2 aromatic heterocycles. The highest BCUT2D eigenvalue weighted by Crippen LogP contribution is 2.49. The molecule has 0 radical (unpaired) electrons. The van der Waals surface area contributed by atoms with E-state index < -0.39 is 0 Å². The van der Waals surface area contributed by atoms with Gasteiger partial charge < -0.3 is 15.4 Å². The monoisotopic (exact) mass is 363 g/mol. The minimum atomic E-state index is 0.232. The molecule has 3 saturated heterocycles. The Labute approximate surface area is 156 Å². The average molecular weight is 363 g/mol. The molecule has 2 N–H and O–H groups in total. The Balaban J connectivity index is 1.51. The van der Waals surface area contributed by atoms with E-state index in [0.717, 1.165) is 61.3 Å². The van der Waals surface area contributed by atoms with Gasteiger partial charge in [-0.3, -0.25) is 4.99 Å².